The minimum Gasteiger partial charge on any atom is -0.375 e. The molecule has 1 saturated heterocycles. The van der Waals surface area contributed by atoms with Gasteiger partial charge >= 0.3 is 6.18 Å². The van der Waals surface area contributed by atoms with Crippen molar-refractivity contribution < 1.29 is 23.1 Å². The summed E-state index contributed by atoms with van der Waals surface area (Å²) in [6.45, 7) is 2.12. The van der Waals surface area contributed by atoms with Gasteiger partial charge < -0.3 is 15.7 Å². The maximum atomic E-state index is 13.4. The number of fused-ring (bicyclic) bond motifs is 1. The summed E-state index contributed by atoms with van der Waals surface area (Å²) in [7, 11) is 0. The van der Waals surface area contributed by atoms with Crippen LogP contribution in [0, 0.1) is 0 Å². The molecule has 11 heteroatoms. The van der Waals surface area contributed by atoms with Crippen LogP contribution < -0.4 is 26.7 Å². The summed E-state index contributed by atoms with van der Waals surface area (Å²) in [4.78, 5) is 12.9. The van der Waals surface area contributed by atoms with E-state index >= 15 is 0 Å². The molecule has 0 aromatic heterocycles. The summed E-state index contributed by atoms with van der Waals surface area (Å²) in [5.41, 5.74) is 2.44. The largest absolute Gasteiger partial charge is 0.416 e. The lowest BCUT2D eigenvalue weighted by Gasteiger charge is -2.36. The summed E-state index contributed by atoms with van der Waals surface area (Å²) >= 11 is 0. The molecule has 0 bridgehead atoms. The molecule has 1 aromatic rings. The Hall–Kier alpha value is -2.44. The third kappa shape index (κ3) is 4.07. The molecule has 3 aliphatic heterocycles. The molecular weight excluding hydrogens is 401 g/mol. The van der Waals surface area contributed by atoms with Gasteiger partial charge in [0, 0.05) is 6.04 Å². The maximum Gasteiger partial charge on any atom is 0.416 e. The standard InChI is InChI=1S/C19H23F3N6O2/c1-10-17(18(30)26-14-8-16(29)24-9-23-14)28-15(25-10)7-6-13(27-28)11-4-2-3-5-12(11)19(20,21)22/h2-8,10,13,15-17,23-25,27,29H,9H2,1H3,(H,26,30). The molecule has 3 heterocycles. The minimum atomic E-state index is -4.48. The minimum absolute atomic E-state index is 0.0873. The van der Waals surface area contributed by atoms with E-state index in [0.29, 0.717) is 5.82 Å². The molecule has 8 nitrogen and oxygen atoms in total. The van der Waals surface area contributed by atoms with Gasteiger partial charge in [0.15, 0.2) is 0 Å². The third-order valence-electron chi connectivity index (χ3n) is 5.32. The van der Waals surface area contributed by atoms with E-state index in [-0.39, 0.29) is 30.3 Å². The van der Waals surface area contributed by atoms with Gasteiger partial charge in [-0.3, -0.25) is 15.4 Å². The van der Waals surface area contributed by atoms with Gasteiger partial charge in [0.25, 0.3) is 0 Å². The maximum absolute atomic E-state index is 13.4. The zero-order chi connectivity index (χ0) is 21.5. The second kappa shape index (κ2) is 8.00. The number of hydrogen-bond acceptors (Lipinski definition) is 7. The average molecular weight is 424 g/mol. The van der Waals surface area contributed by atoms with Crippen molar-refractivity contribution in [2.24, 2.45) is 0 Å². The van der Waals surface area contributed by atoms with Crippen LogP contribution >= 0.6 is 0 Å². The summed E-state index contributed by atoms with van der Waals surface area (Å²) in [6.07, 6.45) is -0.858. The number of aliphatic hydroxyl groups is 1. The Morgan fingerprint density at radius 3 is 2.77 bits per heavy atom. The molecule has 4 rings (SSSR count). The van der Waals surface area contributed by atoms with Gasteiger partial charge in [0.1, 0.15) is 18.1 Å². The molecule has 0 aliphatic carbocycles. The van der Waals surface area contributed by atoms with E-state index in [2.05, 4.69) is 26.7 Å². The van der Waals surface area contributed by atoms with Crippen LogP contribution in [0.25, 0.3) is 0 Å². The highest BCUT2D eigenvalue weighted by Gasteiger charge is 2.45. The number of carbonyl (C=O) groups is 1. The van der Waals surface area contributed by atoms with Crippen LogP contribution in [0.4, 0.5) is 13.2 Å². The first-order valence-electron chi connectivity index (χ1n) is 9.57. The normalized spacial score (nSPS) is 31.6. The lowest BCUT2D eigenvalue weighted by Crippen LogP contribution is -2.57. The first kappa shape index (κ1) is 20.8. The van der Waals surface area contributed by atoms with Crippen LogP contribution in [0.1, 0.15) is 24.1 Å². The Balaban J connectivity index is 1.55. The van der Waals surface area contributed by atoms with Crippen LogP contribution in [-0.2, 0) is 11.0 Å². The highest BCUT2D eigenvalue weighted by Crippen LogP contribution is 2.36. The number of nitrogens with zero attached hydrogens (tertiary/aromatic N) is 1. The number of carbonyl (C=O) groups excluding carboxylic acids is 1. The van der Waals surface area contributed by atoms with Gasteiger partial charge in [-0.25, -0.2) is 10.4 Å². The van der Waals surface area contributed by atoms with Crippen molar-refractivity contribution >= 4 is 5.91 Å². The monoisotopic (exact) mass is 424 g/mol. The molecule has 30 heavy (non-hydrogen) atoms. The van der Waals surface area contributed by atoms with E-state index in [1.54, 1.807) is 23.2 Å². The Morgan fingerprint density at radius 1 is 1.27 bits per heavy atom. The highest BCUT2D eigenvalue weighted by molar-refractivity contribution is 5.84. The molecule has 0 spiro atoms. The quantitative estimate of drug-likeness (QED) is 0.387. The third-order valence-corrected chi connectivity index (χ3v) is 5.32. The number of alkyl halides is 3. The lowest BCUT2D eigenvalue weighted by atomic mass is 9.98. The fraction of sp³-hybridized carbons (Fsp3) is 0.421. The van der Waals surface area contributed by atoms with Crippen LogP contribution in [0.3, 0.4) is 0 Å². The first-order chi connectivity index (χ1) is 14.2. The van der Waals surface area contributed by atoms with Gasteiger partial charge in [0.2, 0.25) is 5.91 Å². The van der Waals surface area contributed by atoms with Gasteiger partial charge in [0.05, 0.1) is 24.4 Å². The Morgan fingerprint density at radius 2 is 2.03 bits per heavy atom. The number of amides is 1. The fourth-order valence-electron chi connectivity index (χ4n) is 3.96. The van der Waals surface area contributed by atoms with E-state index < -0.39 is 30.1 Å². The van der Waals surface area contributed by atoms with E-state index in [9.17, 15) is 23.1 Å². The van der Waals surface area contributed by atoms with Crippen molar-refractivity contribution in [2.75, 3.05) is 6.67 Å². The van der Waals surface area contributed by atoms with Crippen molar-refractivity contribution in [3.05, 3.63) is 59.4 Å². The summed E-state index contributed by atoms with van der Waals surface area (Å²) in [5, 5.41) is 22.9. The van der Waals surface area contributed by atoms with E-state index in [1.165, 1.54) is 18.2 Å². The van der Waals surface area contributed by atoms with Crippen LogP contribution in [0.15, 0.2) is 48.3 Å². The summed E-state index contributed by atoms with van der Waals surface area (Å²) < 4.78 is 40.3. The predicted molar refractivity (Wildman–Crippen MR) is 102 cm³/mol. The molecule has 162 valence electrons. The van der Waals surface area contributed by atoms with Gasteiger partial charge in [-0.2, -0.15) is 13.2 Å². The summed E-state index contributed by atoms with van der Waals surface area (Å²) in [5.74, 6) is 0.0180. The van der Waals surface area contributed by atoms with Crippen LogP contribution in [0.2, 0.25) is 0 Å². The second-order valence-electron chi connectivity index (χ2n) is 7.40. The van der Waals surface area contributed by atoms with Crippen molar-refractivity contribution in [1.82, 2.24) is 31.7 Å². The molecule has 3 aliphatic rings. The number of benzene rings is 1. The van der Waals surface area contributed by atoms with E-state index in [0.717, 1.165) is 6.07 Å². The Labute approximate surface area is 171 Å². The zero-order valence-corrected chi connectivity index (χ0v) is 16.1. The van der Waals surface area contributed by atoms with Crippen molar-refractivity contribution in [2.45, 2.75) is 43.6 Å². The van der Waals surface area contributed by atoms with Crippen LogP contribution in [-0.4, -0.2) is 47.2 Å². The van der Waals surface area contributed by atoms with E-state index in [1.807, 2.05) is 6.92 Å². The average Bonchev–Trinajstić information content (AvgIpc) is 3.02. The van der Waals surface area contributed by atoms with Gasteiger partial charge in [-0.1, -0.05) is 30.4 Å². The molecule has 5 atom stereocenters. The molecular formula is C19H23F3N6O2. The van der Waals surface area contributed by atoms with Gasteiger partial charge in [-0.05, 0) is 24.6 Å². The lowest BCUT2D eigenvalue weighted by molar-refractivity contribution is -0.138. The zero-order valence-electron chi connectivity index (χ0n) is 16.1. The van der Waals surface area contributed by atoms with Crippen molar-refractivity contribution in [3.8, 4) is 0 Å². The topological polar surface area (TPSA) is 101 Å². The number of nitrogens with one attached hydrogen (secondary N) is 5. The smallest absolute Gasteiger partial charge is 0.375 e. The van der Waals surface area contributed by atoms with Crippen molar-refractivity contribution in [3.63, 3.8) is 0 Å². The van der Waals surface area contributed by atoms with Crippen LogP contribution in [0.5, 0.6) is 0 Å². The highest BCUT2D eigenvalue weighted by atomic mass is 19.4. The molecule has 1 fully saturated rings. The first-order valence-corrected chi connectivity index (χ1v) is 9.57. The SMILES string of the molecule is CC1NC2C=CC(c3ccccc3C(F)(F)F)NN2C1C(=O)NC1=CC(O)NCN1. The number of hydrazine groups is 1. The Kier molecular flexibility index (Phi) is 5.55. The fourth-order valence-corrected chi connectivity index (χ4v) is 3.96. The molecule has 1 amide bonds. The number of hydrogen-bond donors (Lipinski definition) is 6. The number of halogens is 3. The molecule has 6 N–H and O–H groups in total. The number of rotatable bonds is 3. The molecule has 0 saturated carbocycles. The van der Waals surface area contributed by atoms with Gasteiger partial charge in [-0.15, -0.1) is 0 Å². The summed E-state index contributed by atoms with van der Waals surface area (Å²) in [6, 6.07) is 3.70. The van der Waals surface area contributed by atoms with Crippen molar-refractivity contribution in [1.29, 1.82) is 0 Å². The second-order valence-corrected chi connectivity index (χ2v) is 7.40. The number of aliphatic hydroxyl groups excluding tert-OH is 1. The molecule has 1 aromatic carbocycles. The predicted octanol–water partition coefficient (Wildman–Crippen LogP) is 0.236. The van der Waals surface area contributed by atoms with E-state index in [4.69, 9.17) is 0 Å². The molecule has 0 radical (unpaired) electrons. The molecule has 5 unspecified atom stereocenters. The Bertz CT molecular complexity index is 874.